The molecule has 2 aromatic carbocycles. The van der Waals surface area contributed by atoms with Gasteiger partial charge in [-0.2, -0.15) is 0 Å². The van der Waals surface area contributed by atoms with Crippen molar-refractivity contribution in [2.75, 3.05) is 0 Å². The smallest absolute Gasteiger partial charge is 0.408 e. The van der Waals surface area contributed by atoms with Gasteiger partial charge in [-0.1, -0.05) is 61.9 Å². The monoisotopic (exact) mass is 519 g/mol. The Labute approximate surface area is 223 Å². The second kappa shape index (κ2) is 12.2. The van der Waals surface area contributed by atoms with Crippen LogP contribution < -0.4 is 10.6 Å². The molecule has 1 aliphatic carbocycles. The number of fused-ring (bicyclic) bond motifs is 1. The van der Waals surface area contributed by atoms with Crippen LogP contribution in [0.2, 0.25) is 0 Å². The van der Waals surface area contributed by atoms with Gasteiger partial charge in [0.1, 0.15) is 11.6 Å². The van der Waals surface area contributed by atoms with Gasteiger partial charge in [-0.15, -0.1) is 0 Å². The number of carbonyl (C=O) groups excluding carboxylic acids is 2. The van der Waals surface area contributed by atoms with Crippen molar-refractivity contribution >= 4 is 28.9 Å². The molecule has 0 radical (unpaired) electrons. The first-order valence-electron chi connectivity index (χ1n) is 13.3. The number of hydrogen-bond donors (Lipinski definition) is 4. The van der Waals surface area contributed by atoms with Crippen LogP contribution in [-0.2, 0) is 27.2 Å². The first-order valence-corrected chi connectivity index (χ1v) is 13.3. The molecule has 8 nitrogen and oxygen atoms in total. The number of aromatic amines is 1. The van der Waals surface area contributed by atoms with Crippen LogP contribution in [0, 0.1) is 5.92 Å². The molecule has 4 atom stereocenters. The van der Waals surface area contributed by atoms with Crippen LogP contribution >= 0.6 is 0 Å². The van der Waals surface area contributed by atoms with Crippen molar-refractivity contribution in [3.63, 3.8) is 0 Å². The lowest BCUT2D eigenvalue weighted by atomic mass is 9.88. The highest BCUT2D eigenvalue weighted by molar-refractivity contribution is 5.92. The predicted octanol–water partition coefficient (Wildman–Crippen LogP) is 4.98. The van der Waals surface area contributed by atoms with Crippen molar-refractivity contribution in [1.82, 2.24) is 15.6 Å². The second-order valence-corrected chi connectivity index (χ2v) is 10.7. The van der Waals surface area contributed by atoms with E-state index in [0.29, 0.717) is 6.42 Å². The Hall–Kier alpha value is -3.81. The Bertz CT molecular complexity index is 1260. The van der Waals surface area contributed by atoms with Crippen LogP contribution in [0.3, 0.4) is 0 Å². The van der Waals surface area contributed by atoms with Crippen molar-refractivity contribution in [1.29, 1.82) is 0 Å². The minimum atomic E-state index is -1.38. The van der Waals surface area contributed by atoms with E-state index in [1.54, 1.807) is 6.92 Å². The van der Waals surface area contributed by atoms with Crippen molar-refractivity contribution in [2.45, 2.75) is 76.5 Å². The van der Waals surface area contributed by atoms with Crippen molar-refractivity contribution in [3.05, 3.63) is 71.9 Å². The van der Waals surface area contributed by atoms with E-state index in [1.165, 1.54) is 0 Å². The van der Waals surface area contributed by atoms with Gasteiger partial charge in [0.25, 0.3) is 0 Å². The maximum atomic E-state index is 13.8. The maximum absolute atomic E-state index is 13.8. The number of amides is 2. The van der Waals surface area contributed by atoms with E-state index in [-0.39, 0.29) is 24.9 Å². The standard InChI is InChI=1S/C30H37N3O5/c1-20-10-6-9-15-26(20)38-29(37)33-30(2,18-22-19-31-25-14-8-7-13-24(22)25)28(36)32-23(17-27(34)35)16-21-11-4-3-5-12-21/h3-5,7-8,11-14,19-20,23,26,31H,6,9-10,15-18H2,1-2H3,(H,32,36)(H,33,37)(H,34,35)/t20-,23-,26-,30+/m1/s1. The molecule has 4 N–H and O–H groups in total. The number of aromatic nitrogens is 1. The molecule has 1 aliphatic rings. The highest BCUT2D eigenvalue weighted by Gasteiger charge is 2.39. The lowest BCUT2D eigenvalue weighted by Crippen LogP contribution is -2.60. The van der Waals surface area contributed by atoms with Gasteiger partial charge in [0, 0.05) is 29.6 Å². The number of carboxylic acid groups (broad SMARTS) is 1. The normalized spacial score (nSPS) is 19.7. The summed E-state index contributed by atoms with van der Waals surface area (Å²) in [6, 6.07) is 16.5. The molecule has 0 bridgehead atoms. The number of nitrogens with one attached hydrogen (secondary N) is 3. The molecular weight excluding hydrogens is 482 g/mol. The molecule has 8 heteroatoms. The minimum absolute atomic E-state index is 0.193. The summed E-state index contributed by atoms with van der Waals surface area (Å²) in [7, 11) is 0. The Morgan fingerprint density at radius 1 is 1.08 bits per heavy atom. The summed E-state index contributed by atoms with van der Waals surface area (Å²) in [5.41, 5.74) is 1.32. The maximum Gasteiger partial charge on any atom is 0.408 e. The third kappa shape index (κ3) is 6.94. The van der Waals surface area contributed by atoms with E-state index in [9.17, 15) is 19.5 Å². The molecule has 3 aromatic rings. The van der Waals surface area contributed by atoms with Gasteiger partial charge in [0.2, 0.25) is 5.91 Å². The van der Waals surface area contributed by atoms with Gasteiger partial charge < -0.3 is 25.5 Å². The SMILES string of the molecule is C[C@@H]1CCCC[C@H]1OC(=O)N[C@@](C)(Cc1c[nH]c2ccccc12)C(=O)N[C@@H](CC(=O)O)Cc1ccccc1. The number of H-pyrrole nitrogens is 1. The van der Waals surface area contributed by atoms with Crippen molar-refractivity contribution in [3.8, 4) is 0 Å². The first-order chi connectivity index (χ1) is 18.2. The number of para-hydroxylation sites is 1. The van der Waals surface area contributed by atoms with Crippen LogP contribution in [0.1, 0.15) is 57.1 Å². The Balaban J connectivity index is 1.57. The Morgan fingerprint density at radius 3 is 2.53 bits per heavy atom. The van der Waals surface area contributed by atoms with Crippen molar-refractivity contribution < 1.29 is 24.2 Å². The van der Waals surface area contributed by atoms with Crippen LogP contribution in [0.15, 0.2) is 60.8 Å². The van der Waals surface area contributed by atoms with Crippen LogP contribution in [0.5, 0.6) is 0 Å². The third-order valence-corrected chi connectivity index (χ3v) is 7.47. The number of alkyl carbamates (subject to hydrolysis) is 1. The number of carboxylic acids is 1. The van der Waals surface area contributed by atoms with Gasteiger partial charge in [-0.3, -0.25) is 9.59 Å². The molecule has 38 heavy (non-hydrogen) atoms. The number of rotatable bonds is 10. The van der Waals surface area contributed by atoms with Crippen LogP contribution in [0.4, 0.5) is 4.79 Å². The highest BCUT2D eigenvalue weighted by atomic mass is 16.6. The summed E-state index contributed by atoms with van der Waals surface area (Å²) in [6.45, 7) is 3.74. The van der Waals surface area contributed by atoms with E-state index in [1.807, 2.05) is 60.8 Å². The average molecular weight is 520 g/mol. The number of aliphatic carboxylic acids is 1. The molecule has 0 unspecified atom stereocenters. The summed E-state index contributed by atoms with van der Waals surface area (Å²) in [6.07, 6.45) is 5.25. The predicted molar refractivity (Wildman–Crippen MR) is 146 cm³/mol. The molecule has 1 aromatic heterocycles. The van der Waals surface area contributed by atoms with E-state index >= 15 is 0 Å². The largest absolute Gasteiger partial charge is 0.481 e. The minimum Gasteiger partial charge on any atom is -0.481 e. The van der Waals surface area contributed by atoms with Gasteiger partial charge >= 0.3 is 12.1 Å². The zero-order valence-electron chi connectivity index (χ0n) is 22.0. The molecule has 1 fully saturated rings. The lowest BCUT2D eigenvalue weighted by molar-refractivity contribution is -0.138. The number of carbonyl (C=O) groups is 3. The summed E-state index contributed by atoms with van der Waals surface area (Å²) in [4.78, 5) is 41.8. The van der Waals surface area contributed by atoms with Gasteiger partial charge in [-0.25, -0.2) is 4.79 Å². The topological polar surface area (TPSA) is 121 Å². The van der Waals surface area contributed by atoms with Gasteiger partial charge in [0.15, 0.2) is 0 Å². The van der Waals surface area contributed by atoms with Crippen LogP contribution in [-0.4, -0.2) is 45.7 Å². The van der Waals surface area contributed by atoms with Crippen LogP contribution in [0.25, 0.3) is 10.9 Å². The molecule has 0 saturated heterocycles. The molecule has 0 spiro atoms. The summed E-state index contributed by atoms with van der Waals surface area (Å²) in [5, 5.41) is 16.2. The number of benzene rings is 2. The molecule has 0 aliphatic heterocycles. The third-order valence-electron chi connectivity index (χ3n) is 7.47. The van der Waals surface area contributed by atoms with Gasteiger partial charge in [0.05, 0.1) is 6.42 Å². The van der Waals surface area contributed by atoms with E-state index in [2.05, 4.69) is 22.5 Å². The zero-order chi connectivity index (χ0) is 27.1. The van der Waals surface area contributed by atoms with Crippen molar-refractivity contribution in [2.24, 2.45) is 5.92 Å². The fraction of sp³-hybridized carbons (Fsp3) is 0.433. The second-order valence-electron chi connectivity index (χ2n) is 10.7. The molecule has 1 saturated carbocycles. The fourth-order valence-electron chi connectivity index (χ4n) is 5.32. The summed E-state index contributed by atoms with van der Waals surface area (Å²) >= 11 is 0. The van der Waals surface area contributed by atoms with E-state index in [0.717, 1.165) is 47.7 Å². The number of hydrogen-bond acceptors (Lipinski definition) is 4. The molecule has 2 amide bonds. The fourth-order valence-corrected chi connectivity index (χ4v) is 5.32. The highest BCUT2D eigenvalue weighted by Crippen LogP contribution is 2.27. The van der Waals surface area contributed by atoms with E-state index < -0.39 is 29.6 Å². The van der Waals surface area contributed by atoms with Gasteiger partial charge in [-0.05, 0) is 55.7 Å². The Kier molecular flexibility index (Phi) is 8.71. The summed E-state index contributed by atoms with van der Waals surface area (Å²) < 4.78 is 5.79. The molecule has 4 rings (SSSR count). The Morgan fingerprint density at radius 2 is 1.79 bits per heavy atom. The molecule has 1 heterocycles. The molecular formula is C30H37N3O5. The quantitative estimate of drug-likeness (QED) is 0.301. The van der Waals surface area contributed by atoms with E-state index in [4.69, 9.17) is 4.74 Å². The molecule has 202 valence electrons. The first kappa shape index (κ1) is 27.2. The summed E-state index contributed by atoms with van der Waals surface area (Å²) in [5.74, 6) is -1.21. The average Bonchev–Trinajstić information content (AvgIpc) is 3.28. The lowest BCUT2D eigenvalue weighted by Gasteiger charge is -2.33. The zero-order valence-corrected chi connectivity index (χ0v) is 22.0. The number of ether oxygens (including phenoxy) is 1.